The molecule has 0 spiro atoms. The van der Waals surface area contributed by atoms with Gasteiger partial charge in [0.05, 0.1) is 22.8 Å². The first-order valence-electron chi connectivity index (χ1n) is 20.3. The van der Waals surface area contributed by atoms with E-state index in [0.29, 0.717) is 44.0 Å². The van der Waals surface area contributed by atoms with E-state index in [1.807, 2.05) is 42.5 Å². The van der Waals surface area contributed by atoms with Crippen LogP contribution < -0.4 is 24.8 Å². The fraction of sp³-hybridized carbons (Fsp3) is 0.234. The lowest BCUT2D eigenvalue weighted by Crippen LogP contribution is -2.56. The van der Waals surface area contributed by atoms with E-state index in [4.69, 9.17) is 42.1 Å². The molecule has 65 heavy (non-hydrogen) atoms. The number of aryl methyl sites for hydroxylation is 1. The molecule has 18 heteroatoms. The number of hydrogen-bond donors (Lipinski definition) is 2. The fourth-order valence-electron chi connectivity index (χ4n) is 7.59. The molecule has 3 heterocycles. The molecule has 0 aliphatic carbocycles. The highest BCUT2D eigenvalue weighted by molar-refractivity contribution is 7.91. The van der Waals surface area contributed by atoms with Gasteiger partial charge in [-0.3, -0.25) is 9.59 Å². The Kier molecular flexibility index (Phi) is 13.4. The molecule has 3 atom stereocenters. The van der Waals surface area contributed by atoms with Gasteiger partial charge in [-0.25, -0.2) is 22.6 Å². The van der Waals surface area contributed by atoms with Crippen molar-refractivity contribution in [2.75, 3.05) is 19.0 Å². The monoisotopic (exact) mass is 958 g/mol. The predicted octanol–water partition coefficient (Wildman–Crippen LogP) is 8.63. The zero-order chi connectivity index (χ0) is 46.0. The molecule has 0 saturated heterocycles. The molecule has 0 saturated carbocycles. The van der Waals surface area contributed by atoms with Crippen molar-refractivity contribution in [1.29, 1.82) is 0 Å². The number of anilines is 1. The summed E-state index contributed by atoms with van der Waals surface area (Å²) in [6, 6.07) is 26.9. The Bertz CT molecular complexity index is 2880. The van der Waals surface area contributed by atoms with Gasteiger partial charge in [0, 0.05) is 19.9 Å². The van der Waals surface area contributed by atoms with Gasteiger partial charge in [0.2, 0.25) is 11.8 Å². The average molecular weight is 960 g/mol. The summed E-state index contributed by atoms with van der Waals surface area (Å²) in [5.41, 5.74) is 5.32. The molecular weight excluding hydrogens is 919 g/mol. The number of carbonyl (C=O) groups excluding carboxylic acids is 3. The Hall–Kier alpha value is -6.04. The van der Waals surface area contributed by atoms with Crippen molar-refractivity contribution < 1.29 is 46.1 Å². The molecule has 0 radical (unpaired) electrons. The second kappa shape index (κ2) is 19.2. The van der Waals surface area contributed by atoms with Gasteiger partial charge in [0.1, 0.15) is 36.9 Å². The van der Waals surface area contributed by atoms with E-state index >= 15 is 0 Å². The van der Waals surface area contributed by atoms with Crippen LogP contribution in [0.1, 0.15) is 46.5 Å². The van der Waals surface area contributed by atoms with E-state index in [2.05, 4.69) is 15.6 Å². The van der Waals surface area contributed by atoms with Crippen LogP contribution in [0.5, 0.6) is 17.2 Å². The number of ether oxygens (including phenoxy) is 4. The number of halogens is 3. The maximum absolute atomic E-state index is 14.7. The number of thiazole rings is 1. The zero-order valence-corrected chi connectivity index (χ0v) is 38.2. The molecule has 5 aromatic carbocycles. The van der Waals surface area contributed by atoms with Crippen LogP contribution >= 0.6 is 34.5 Å². The van der Waals surface area contributed by atoms with E-state index in [-0.39, 0.29) is 53.5 Å². The third-order valence-corrected chi connectivity index (χ3v) is 15.2. The molecule has 13 nitrogen and oxygen atoms in total. The minimum Gasteiger partial charge on any atom is -0.489 e. The molecule has 2 N–H and O–H groups in total. The minimum atomic E-state index is -4.46. The lowest BCUT2D eigenvalue weighted by molar-refractivity contribution is -0.145. The maximum Gasteiger partial charge on any atom is 0.328 e. The Labute approximate surface area is 388 Å². The number of methoxy groups -OCH3 is 1. The normalized spacial score (nSPS) is 16.2. The number of amides is 2. The summed E-state index contributed by atoms with van der Waals surface area (Å²) in [4.78, 5) is 43.8. The first kappa shape index (κ1) is 45.5. The Morgan fingerprint density at radius 1 is 0.908 bits per heavy atom. The largest absolute Gasteiger partial charge is 0.489 e. The van der Waals surface area contributed by atoms with E-state index in [1.165, 1.54) is 33.1 Å². The van der Waals surface area contributed by atoms with Gasteiger partial charge in [-0.1, -0.05) is 89.1 Å². The zero-order valence-electron chi connectivity index (χ0n) is 35.1. The van der Waals surface area contributed by atoms with Crippen molar-refractivity contribution >= 4 is 67.5 Å². The average Bonchev–Trinajstić information content (AvgIpc) is 3.67. The smallest absolute Gasteiger partial charge is 0.328 e. The molecule has 6 aromatic rings. The van der Waals surface area contributed by atoms with Crippen molar-refractivity contribution in [2.24, 2.45) is 0 Å². The van der Waals surface area contributed by atoms with E-state index in [0.717, 1.165) is 37.9 Å². The van der Waals surface area contributed by atoms with E-state index in [1.54, 1.807) is 48.5 Å². The van der Waals surface area contributed by atoms with E-state index in [9.17, 15) is 27.2 Å². The summed E-state index contributed by atoms with van der Waals surface area (Å²) < 4.78 is 67.5. The van der Waals surface area contributed by atoms with Crippen LogP contribution in [0.3, 0.4) is 0 Å². The number of hydrogen-bond acceptors (Lipinski definition) is 11. The summed E-state index contributed by atoms with van der Waals surface area (Å²) in [7, 11) is -3.26. The second-order valence-corrected chi connectivity index (χ2v) is 19.3. The van der Waals surface area contributed by atoms with Gasteiger partial charge in [0.25, 0.3) is 10.0 Å². The number of carbonyl (C=O) groups is 3. The van der Waals surface area contributed by atoms with Gasteiger partial charge in [-0.2, -0.15) is 4.31 Å². The topological polar surface area (TPSA) is 162 Å². The van der Waals surface area contributed by atoms with Crippen LogP contribution in [0, 0.1) is 12.7 Å². The third kappa shape index (κ3) is 10.3. The van der Waals surface area contributed by atoms with Crippen molar-refractivity contribution in [3.8, 4) is 28.4 Å². The van der Waals surface area contributed by atoms with Gasteiger partial charge in [0.15, 0.2) is 26.9 Å². The Morgan fingerprint density at radius 2 is 1.58 bits per heavy atom. The molecule has 1 unspecified atom stereocenters. The Morgan fingerprint density at radius 3 is 2.26 bits per heavy atom. The van der Waals surface area contributed by atoms with Crippen LogP contribution in [0.25, 0.3) is 11.1 Å². The van der Waals surface area contributed by atoms with Crippen molar-refractivity contribution in [1.82, 2.24) is 14.6 Å². The first-order valence-corrected chi connectivity index (χ1v) is 23.3. The van der Waals surface area contributed by atoms with Gasteiger partial charge in [-0.05, 0) is 101 Å². The molecule has 1 aromatic heterocycles. The van der Waals surface area contributed by atoms with Crippen molar-refractivity contribution in [3.63, 3.8) is 0 Å². The molecule has 2 aliphatic rings. The standard InChI is InChI=1S/C47H41Cl2FN4O9S2/c1-26-46(64-47(51-26)52-27(2)55)65(58,59)54-23-34-22-42-41(62-25-43(63-42)32-11-15-36(16-12-32)61-24-29-6-17-37(48)38(49)18-29)21-33(34)20-40(54)44(56)53-39(45(57)60-3)19-28-4-7-30(8-5-28)31-9-13-35(50)14-10-31/h4-18,21-22,39-40,43H,19-20,23-25H2,1-3H3,(H,53,56)(H,51,52,55)/t39-,40-,43?/m0/s1. The minimum absolute atomic E-state index is 0.0283. The number of rotatable bonds is 13. The number of fused-ring (bicyclic) bond motifs is 2. The number of nitrogens with one attached hydrogen (secondary N) is 2. The number of esters is 1. The molecule has 2 amide bonds. The molecular formula is C47H41Cl2FN4O9S2. The molecule has 0 bridgehead atoms. The SMILES string of the molecule is COC(=O)[C@H](Cc1ccc(-c2ccc(F)cc2)cc1)NC(=O)[C@@H]1Cc2cc3c(cc2CN1S(=O)(=O)c1sc(NC(C)=O)nc1C)OC(c1ccc(OCc2ccc(Cl)c(Cl)c2)cc1)CO3. The third-order valence-electron chi connectivity index (χ3n) is 10.9. The quantitative estimate of drug-likeness (QED) is 0.107. The van der Waals surface area contributed by atoms with Crippen molar-refractivity contribution in [2.45, 2.75) is 62.2 Å². The van der Waals surface area contributed by atoms with Gasteiger partial charge >= 0.3 is 5.97 Å². The summed E-state index contributed by atoms with van der Waals surface area (Å²) in [5.74, 6) is -0.816. The second-order valence-electron chi connectivity index (χ2n) is 15.4. The van der Waals surface area contributed by atoms with Gasteiger partial charge < -0.3 is 29.6 Å². The lowest BCUT2D eigenvalue weighted by Gasteiger charge is -2.36. The highest BCUT2D eigenvalue weighted by atomic mass is 35.5. The Balaban J connectivity index is 1.04. The number of benzene rings is 5. The fourth-order valence-corrected chi connectivity index (χ4v) is 11.0. The molecule has 2 aliphatic heterocycles. The van der Waals surface area contributed by atoms with Crippen LogP contribution in [-0.2, 0) is 55.1 Å². The maximum atomic E-state index is 14.7. The number of nitrogens with zero attached hydrogens (tertiary/aromatic N) is 2. The van der Waals surface area contributed by atoms with Gasteiger partial charge in [-0.15, -0.1) is 0 Å². The number of aromatic nitrogens is 1. The predicted molar refractivity (Wildman–Crippen MR) is 243 cm³/mol. The van der Waals surface area contributed by atoms with Crippen LogP contribution in [-0.4, -0.2) is 61.3 Å². The molecule has 0 fully saturated rings. The van der Waals surface area contributed by atoms with Crippen LogP contribution in [0.4, 0.5) is 9.52 Å². The van der Waals surface area contributed by atoms with E-state index < -0.39 is 46.0 Å². The summed E-state index contributed by atoms with van der Waals surface area (Å²) in [6.45, 7) is 3.00. The van der Waals surface area contributed by atoms with Crippen LogP contribution in [0.2, 0.25) is 10.0 Å². The highest BCUT2D eigenvalue weighted by Crippen LogP contribution is 2.42. The summed E-state index contributed by atoms with van der Waals surface area (Å²) in [6.07, 6.45) is -0.561. The summed E-state index contributed by atoms with van der Waals surface area (Å²) in [5, 5.41) is 6.30. The first-order chi connectivity index (χ1) is 31.1. The van der Waals surface area contributed by atoms with Crippen LogP contribution in [0.15, 0.2) is 107 Å². The molecule has 336 valence electrons. The highest BCUT2D eigenvalue weighted by Gasteiger charge is 2.43. The lowest BCUT2D eigenvalue weighted by atomic mass is 9.94. The number of sulfonamides is 1. The van der Waals surface area contributed by atoms with Crippen molar-refractivity contribution in [3.05, 3.63) is 153 Å². The summed E-state index contributed by atoms with van der Waals surface area (Å²) >= 11 is 13.0. The molecule has 8 rings (SSSR count).